The van der Waals surface area contributed by atoms with E-state index >= 15 is 0 Å². The molecule has 4 saturated carbocycles. The predicted molar refractivity (Wildman–Crippen MR) is 199 cm³/mol. The number of aliphatic hydroxyl groups excluding tert-OH is 9. The zero-order chi connectivity index (χ0) is 40.4. The molecule has 13 nitrogen and oxygen atoms in total. The standard InChI is InChI=1S/C42H70O13/c1-19-11-13-40(6)26(46)16-41(7)21(28(40)20(19)2)9-10-25-39(5)14-12-27(38(3,4)35(39)22(45)15-42(25,41)8)54-37-34(32(50)30(48)24(18-44)53-37)55-36-33(51)31(49)29(47)23(17-43)52-36/h9,19-20,22-37,43-51H,10-18H2,1-8H3. The molecule has 55 heavy (non-hydrogen) atoms. The molecular weight excluding hydrogens is 712 g/mol. The van der Waals surface area contributed by atoms with Crippen LogP contribution in [0.4, 0.5) is 0 Å². The predicted octanol–water partition coefficient (Wildman–Crippen LogP) is 1.61. The second kappa shape index (κ2) is 14.4. The number of fused-ring (bicyclic) bond motifs is 7. The van der Waals surface area contributed by atoms with Crippen LogP contribution in [0.25, 0.3) is 0 Å². The number of aliphatic hydroxyl groups is 9. The van der Waals surface area contributed by atoms with E-state index in [4.69, 9.17) is 18.9 Å². The Balaban J connectivity index is 1.17. The van der Waals surface area contributed by atoms with E-state index in [1.165, 1.54) is 5.57 Å². The maximum Gasteiger partial charge on any atom is 0.187 e. The Labute approximate surface area is 326 Å². The quantitative estimate of drug-likeness (QED) is 0.138. The summed E-state index contributed by atoms with van der Waals surface area (Å²) in [7, 11) is 0. The van der Waals surface area contributed by atoms with Crippen molar-refractivity contribution in [1.82, 2.24) is 0 Å². The van der Waals surface area contributed by atoms with Crippen LogP contribution < -0.4 is 0 Å². The Bertz CT molecular complexity index is 1440. The largest absolute Gasteiger partial charge is 0.394 e. The minimum absolute atomic E-state index is 0.165. The molecule has 0 bridgehead atoms. The van der Waals surface area contributed by atoms with E-state index in [0.29, 0.717) is 31.1 Å². The van der Waals surface area contributed by atoms with Crippen molar-refractivity contribution in [3.63, 3.8) is 0 Å². The lowest BCUT2D eigenvalue weighted by atomic mass is 9.32. The number of hydrogen-bond donors (Lipinski definition) is 9. The van der Waals surface area contributed by atoms with Gasteiger partial charge in [-0.15, -0.1) is 0 Å². The first kappa shape index (κ1) is 42.3. The smallest absolute Gasteiger partial charge is 0.187 e. The lowest BCUT2D eigenvalue weighted by molar-refractivity contribution is -0.379. The molecule has 0 aromatic heterocycles. The second-order valence-corrected chi connectivity index (χ2v) is 20.5. The van der Waals surface area contributed by atoms with E-state index in [2.05, 4.69) is 61.5 Å². The molecule has 9 N–H and O–H groups in total. The van der Waals surface area contributed by atoms with Gasteiger partial charge in [0.15, 0.2) is 12.6 Å². The maximum absolute atomic E-state index is 12.5. The van der Waals surface area contributed by atoms with Crippen molar-refractivity contribution in [1.29, 1.82) is 0 Å². The van der Waals surface area contributed by atoms with Crippen molar-refractivity contribution >= 4 is 0 Å². The van der Waals surface area contributed by atoms with E-state index in [-0.39, 0.29) is 39.4 Å². The molecule has 7 rings (SSSR count). The third-order valence-corrected chi connectivity index (χ3v) is 17.6. The fourth-order valence-electron chi connectivity index (χ4n) is 14.1. The Morgan fingerprint density at radius 1 is 0.709 bits per heavy atom. The number of allylic oxidation sites excluding steroid dienone is 2. The van der Waals surface area contributed by atoms with Gasteiger partial charge in [0, 0.05) is 5.41 Å². The third-order valence-electron chi connectivity index (χ3n) is 17.6. The minimum atomic E-state index is -1.77. The molecule has 0 aromatic carbocycles. The minimum Gasteiger partial charge on any atom is -0.394 e. The number of ether oxygens (including phenoxy) is 4. The van der Waals surface area contributed by atoms with Gasteiger partial charge in [-0.05, 0) is 96.2 Å². The summed E-state index contributed by atoms with van der Waals surface area (Å²) in [4.78, 5) is 0. The van der Waals surface area contributed by atoms with Crippen LogP contribution in [0.1, 0.15) is 100 Å². The van der Waals surface area contributed by atoms with E-state index < -0.39 is 98.4 Å². The van der Waals surface area contributed by atoms with E-state index in [0.717, 1.165) is 25.7 Å². The van der Waals surface area contributed by atoms with E-state index in [1.54, 1.807) is 0 Å². The summed E-state index contributed by atoms with van der Waals surface area (Å²) in [6.45, 7) is 16.9. The molecule has 22 atom stereocenters. The average Bonchev–Trinajstić information content (AvgIpc) is 3.11. The van der Waals surface area contributed by atoms with Crippen molar-refractivity contribution in [3.8, 4) is 0 Å². The molecule has 22 unspecified atom stereocenters. The highest BCUT2D eigenvalue weighted by atomic mass is 16.8. The Morgan fingerprint density at radius 2 is 1.31 bits per heavy atom. The van der Waals surface area contributed by atoms with Crippen LogP contribution in [0.3, 0.4) is 0 Å². The summed E-state index contributed by atoms with van der Waals surface area (Å²) in [5, 5.41) is 98.0. The molecule has 5 aliphatic carbocycles. The number of hydrogen-bond acceptors (Lipinski definition) is 13. The zero-order valence-corrected chi connectivity index (χ0v) is 34.0. The van der Waals surface area contributed by atoms with Crippen LogP contribution in [-0.4, -0.2) is 139 Å². The van der Waals surface area contributed by atoms with Crippen LogP contribution in [0.2, 0.25) is 0 Å². The molecule has 13 heteroatoms. The molecule has 7 aliphatic rings. The summed E-state index contributed by atoms with van der Waals surface area (Å²) in [6, 6.07) is 0. The third kappa shape index (κ3) is 6.11. The van der Waals surface area contributed by atoms with Gasteiger partial charge >= 0.3 is 0 Å². The van der Waals surface area contributed by atoms with Gasteiger partial charge in [-0.1, -0.05) is 67.0 Å². The van der Waals surface area contributed by atoms with Gasteiger partial charge in [0.1, 0.15) is 48.8 Å². The highest BCUT2D eigenvalue weighted by Gasteiger charge is 2.71. The maximum atomic E-state index is 12.5. The summed E-state index contributed by atoms with van der Waals surface area (Å²) in [5.41, 5.74) is -0.202. The van der Waals surface area contributed by atoms with Gasteiger partial charge in [0.05, 0.1) is 31.5 Å². The Morgan fingerprint density at radius 3 is 1.95 bits per heavy atom. The van der Waals surface area contributed by atoms with Crippen LogP contribution in [-0.2, 0) is 18.9 Å². The molecule has 316 valence electrons. The molecule has 2 saturated heterocycles. The fourth-order valence-corrected chi connectivity index (χ4v) is 14.1. The summed E-state index contributed by atoms with van der Waals surface area (Å²) in [6.07, 6.45) is -8.92. The summed E-state index contributed by atoms with van der Waals surface area (Å²) >= 11 is 0. The molecule has 0 radical (unpaired) electrons. The van der Waals surface area contributed by atoms with Crippen LogP contribution >= 0.6 is 0 Å². The molecule has 0 spiro atoms. The molecule has 2 aliphatic heterocycles. The van der Waals surface area contributed by atoms with Crippen LogP contribution in [0, 0.1) is 56.7 Å². The van der Waals surface area contributed by atoms with Gasteiger partial charge in [-0.2, -0.15) is 0 Å². The van der Waals surface area contributed by atoms with Gasteiger partial charge in [-0.25, -0.2) is 0 Å². The lowest BCUT2D eigenvalue weighted by Gasteiger charge is -2.73. The fraction of sp³-hybridized carbons (Fsp3) is 0.952. The summed E-state index contributed by atoms with van der Waals surface area (Å²) in [5.74, 6) is 1.32. The van der Waals surface area contributed by atoms with Gasteiger partial charge in [0.2, 0.25) is 0 Å². The Kier molecular flexibility index (Phi) is 11.1. The van der Waals surface area contributed by atoms with Crippen molar-refractivity contribution in [3.05, 3.63) is 11.6 Å². The van der Waals surface area contributed by atoms with Gasteiger partial charge in [-0.3, -0.25) is 0 Å². The molecule has 6 fully saturated rings. The Hall–Kier alpha value is -0.780. The molecule has 0 aromatic rings. The second-order valence-electron chi connectivity index (χ2n) is 20.5. The van der Waals surface area contributed by atoms with Crippen LogP contribution in [0.5, 0.6) is 0 Å². The van der Waals surface area contributed by atoms with Gasteiger partial charge in [0.25, 0.3) is 0 Å². The molecule has 2 heterocycles. The SMILES string of the molecule is CC1CCC2(C)C(O)CC3(C)C(=CCC4C5(C)CCC(OC6OC(CO)C(O)C(O)C6OC6OC(CO)C(O)C(O)C6O)C(C)(C)C5C(O)CC43C)C2C1C. The highest BCUT2D eigenvalue weighted by molar-refractivity contribution is 5.35. The van der Waals surface area contributed by atoms with Crippen molar-refractivity contribution in [2.24, 2.45) is 56.7 Å². The van der Waals surface area contributed by atoms with E-state index in [9.17, 15) is 46.0 Å². The first-order valence-electron chi connectivity index (χ1n) is 20.9. The summed E-state index contributed by atoms with van der Waals surface area (Å²) < 4.78 is 24.3. The van der Waals surface area contributed by atoms with Crippen LogP contribution in [0.15, 0.2) is 11.6 Å². The zero-order valence-electron chi connectivity index (χ0n) is 34.0. The van der Waals surface area contributed by atoms with Crippen molar-refractivity contribution in [2.45, 2.75) is 180 Å². The first-order valence-corrected chi connectivity index (χ1v) is 20.9. The topological polar surface area (TPSA) is 219 Å². The molecular formula is C42H70O13. The highest BCUT2D eigenvalue weighted by Crippen LogP contribution is 2.76. The van der Waals surface area contributed by atoms with E-state index in [1.807, 2.05) is 0 Å². The van der Waals surface area contributed by atoms with Gasteiger partial charge < -0.3 is 64.9 Å². The van der Waals surface area contributed by atoms with Crippen molar-refractivity contribution < 1.29 is 64.9 Å². The average molecular weight is 783 g/mol. The first-order chi connectivity index (χ1) is 25.6. The van der Waals surface area contributed by atoms with Crippen molar-refractivity contribution in [2.75, 3.05) is 13.2 Å². The lowest BCUT2D eigenvalue weighted by Crippen LogP contribution is -2.70. The normalized spacial score (nSPS) is 57.7. The number of rotatable bonds is 6. The molecule has 0 amide bonds. The monoisotopic (exact) mass is 782 g/mol.